The predicted octanol–water partition coefficient (Wildman–Crippen LogP) is 11.5. The lowest BCUT2D eigenvalue weighted by atomic mass is 9.32. The fourth-order valence-electron chi connectivity index (χ4n) is 13.7. The minimum atomic E-state index is -4.58. The molecule has 7 aliphatic rings. The first-order valence-electron chi connectivity index (χ1n) is 22.1. The number of alkyl halides is 3. The zero-order valence-electron chi connectivity index (χ0n) is 35.1. The Bertz CT molecular complexity index is 2450. The van der Waals surface area contributed by atoms with Gasteiger partial charge in [-0.3, -0.25) is 14.6 Å². The quantitative estimate of drug-likeness (QED) is 0.136. The molecule has 1 saturated heterocycles. The van der Waals surface area contributed by atoms with Crippen molar-refractivity contribution in [1.29, 1.82) is 0 Å². The first-order chi connectivity index (χ1) is 29.5. The Hall–Kier alpha value is -3.70. The van der Waals surface area contributed by atoms with Gasteiger partial charge in [-0.15, -0.1) is 0 Å². The molecule has 2 N–H and O–H groups in total. The molecule has 1 aromatic heterocycles. The molecular formula is C51H53Cl2F3N2O4. The third-order valence-electron chi connectivity index (χ3n) is 16.9. The molecular weight excluding hydrogens is 832 g/mol. The number of carbonyl (C=O) groups is 1. The molecule has 11 heteroatoms. The van der Waals surface area contributed by atoms with Gasteiger partial charge in [-0.1, -0.05) is 97.7 Å². The lowest BCUT2D eigenvalue weighted by molar-refractivity contribution is -0.177. The van der Waals surface area contributed by atoms with Gasteiger partial charge >= 0.3 is 6.18 Å². The number of β-amino-alcohol motifs (C(OH)–C–C–N with tert-alkyl or cyclic N) is 1. The summed E-state index contributed by atoms with van der Waals surface area (Å²) in [6.07, 6.45) is 6.56. The van der Waals surface area contributed by atoms with E-state index >= 15 is 4.79 Å². The van der Waals surface area contributed by atoms with Gasteiger partial charge in [-0.25, -0.2) is 0 Å². The third kappa shape index (κ3) is 6.38. The Morgan fingerprint density at radius 1 is 0.839 bits per heavy atom. The Balaban J connectivity index is 0.955. The van der Waals surface area contributed by atoms with Crippen molar-refractivity contribution in [1.82, 2.24) is 9.80 Å². The van der Waals surface area contributed by atoms with E-state index in [0.717, 1.165) is 64.0 Å². The molecule has 11 rings (SSSR count). The van der Waals surface area contributed by atoms with Crippen molar-refractivity contribution in [3.8, 4) is 11.3 Å². The number of hydrogen-bond acceptors (Lipinski definition) is 6. The van der Waals surface area contributed by atoms with E-state index in [0.29, 0.717) is 36.4 Å². The number of halogens is 5. The Kier molecular flexibility index (Phi) is 10.2. The maximum atomic E-state index is 15.2. The number of ketones is 1. The molecule has 9 atom stereocenters. The molecule has 0 amide bonds. The van der Waals surface area contributed by atoms with Crippen LogP contribution in [0.25, 0.3) is 11.3 Å². The number of rotatable bonds is 8. The fourth-order valence-corrected chi connectivity index (χ4v) is 14.0. The van der Waals surface area contributed by atoms with E-state index in [9.17, 15) is 23.4 Å². The molecule has 326 valence electrons. The van der Waals surface area contributed by atoms with E-state index in [2.05, 4.69) is 78.3 Å². The maximum absolute atomic E-state index is 15.2. The second kappa shape index (κ2) is 14.9. The largest absolute Gasteiger partial charge is 0.453 e. The number of allylic oxidation sites excluding steroid dienone is 4. The van der Waals surface area contributed by atoms with Gasteiger partial charge in [0.15, 0.2) is 5.76 Å². The van der Waals surface area contributed by atoms with Gasteiger partial charge in [0, 0.05) is 65.1 Å². The number of aliphatic hydroxyl groups is 2. The van der Waals surface area contributed by atoms with Crippen molar-refractivity contribution in [3.63, 3.8) is 0 Å². The summed E-state index contributed by atoms with van der Waals surface area (Å²) in [6, 6.07) is 24.9. The Morgan fingerprint density at radius 3 is 2.24 bits per heavy atom. The maximum Gasteiger partial charge on any atom is 0.416 e. The first-order valence-corrected chi connectivity index (χ1v) is 22.9. The van der Waals surface area contributed by atoms with Gasteiger partial charge in [0.05, 0.1) is 28.3 Å². The monoisotopic (exact) mass is 884 g/mol. The molecule has 1 aliphatic heterocycles. The molecule has 9 unspecified atom stereocenters. The van der Waals surface area contributed by atoms with Gasteiger partial charge in [0.2, 0.25) is 5.78 Å². The number of aliphatic hydroxyl groups excluding tert-OH is 1. The summed E-state index contributed by atoms with van der Waals surface area (Å²) in [5.74, 6) is -0.170. The molecule has 62 heavy (non-hydrogen) atoms. The number of piperazine rings is 1. The summed E-state index contributed by atoms with van der Waals surface area (Å²) in [5, 5.41) is 25.1. The molecule has 2 heterocycles. The second-order valence-electron chi connectivity index (χ2n) is 19.7. The number of nitrogens with zero attached hydrogens (tertiary/aromatic N) is 2. The summed E-state index contributed by atoms with van der Waals surface area (Å²) in [6.45, 7) is 8.40. The van der Waals surface area contributed by atoms with Crippen LogP contribution in [0.2, 0.25) is 10.0 Å². The number of furan rings is 1. The topological polar surface area (TPSA) is 77.1 Å². The smallest absolute Gasteiger partial charge is 0.416 e. The molecule has 2 spiro atoms. The first kappa shape index (κ1) is 42.3. The SMILES string of the molecule is CC12CCC(O)CC13C=CC1(C(C(=O)c4ccc(-c5cc(C(F)(F)F)ccc5Cl)o4)=C3)C2CCC2(C)C1CCC2(O)CN1CCN(C(c2ccccc2)c2ccc(Cl)cc2)CC1. The molecule has 3 saturated carbocycles. The fraction of sp³-hybridized carbons (Fsp3) is 0.471. The van der Waals surface area contributed by atoms with Crippen molar-refractivity contribution in [3.05, 3.63) is 141 Å². The normalized spacial score (nSPS) is 34.9. The summed E-state index contributed by atoms with van der Waals surface area (Å²) in [7, 11) is 0. The lowest BCUT2D eigenvalue weighted by Crippen LogP contribution is -2.67. The Labute approximate surface area is 371 Å². The molecule has 0 radical (unpaired) electrons. The third-order valence-corrected chi connectivity index (χ3v) is 17.5. The van der Waals surface area contributed by atoms with Crippen molar-refractivity contribution >= 4 is 29.0 Å². The second-order valence-corrected chi connectivity index (χ2v) is 20.5. The number of benzene rings is 3. The number of carbonyl (C=O) groups excluding carboxylic acids is 1. The molecule has 6 aliphatic carbocycles. The van der Waals surface area contributed by atoms with E-state index in [-0.39, 0.29) is 51.2 Å². The van der Waals surface area contributed by atoms with Gasteiger partial charge in [-0.05, 0) is 116 Å². The summed E-state index contributed by atoms with van der Waals surface area (Å²) < 4.78 is 47.4. The van der Waals surface area contributed by atoms with Crippen LogP contribution in [0.15, 0.2) is 113 Å². The van der Waals surface area contributed by atoms with Crippen LogP contribution in [0.3, 0.4) is 0 Å². The van der Waals surface area contributed by atoms with Crippen molar-refractivity contribution < 1.29 is 32.6 Å². The van der Waals surface area contributed by atoms with Crippen LogP contribution in [0.4, 0.5) is 13.2 Å². The van der Waals surface area contributed by atoms with E-state index in [1.807, 2.05) is 18.2 Å². The van der Waals surface area contributed by atoms with Gasteiger partial charge in [-0.2, -0.15) is 13.2 Å². The van der Waals surface area contributed by atoms with Crippen LogP contribution < -0.4 is 0 Å². The summed E-state index contributed by atoms with van der Waals surface area (Å²) in [4.78, 5) is 20.1. The van der Waals surface area contributed by atoms with Crippen LogP contribution in [0.1, 0.15) is 92.1 Å². The van der Waals surface area contributed by atoms with Crippen LogP contribution in [0.5, 0.6) is 0 Å². The molecule has 4 aromatic rings. The van der Waals surface area contributed by atoms with Crippen LogP contribution >= 0.6 is 23.2 Å². The zero-order valence-corrected chi connectivity index (χ0v) is 36.6. The van der Waals surface area contributed by atoms with Crippen molar-refractivity contribution in [2.75, 3.05) is 32.7 Å². The average molecular weight is 886 g/mol. The molecule has 6 nitrogen and oxygen atoms in total. The van der Waals surface area contributed by atoms with Crippen molar-refractivity contribution in [2.24, 2.45) is 33.5 Å². The zero-order chi connectivity index (χ0) is 43.5. The highest BCUT2D eigenvalue weighted by atomic mass is 35.5. The van der Waals surface area contributed by atoms with E-state index in [4.69, 9.17) is 27.6 Å². The highest BCUT2D eigenvalue weighted by molar-refractivity contribution is 6.33. The lowest BCUT2D eigenvalue weighted by Gasteiger charge is -2.71. The standard InChI is InChI=1S/C51H53Cl2F3N2O4/c1-46-19-16-36(59)29-48(46)22-23-50(38(30-48)45(60)41-15-14-40(62-41)37-28-34(51(54,55)56)10-13-39(37)53)42(46)17-20-47(2)43(50)18-21-49(47,61)31-57-24-26-58(27-25-57)44(32-6-4-3-5-7-32)33-8-11-35(52)12-9-33/h3-15,22-23,28,30,36,42-44,59,61H,16-21,24-27,29,31H2,1-2H3. The van der Waals surface area contributed by atoms with Crippen LogP contribution in [0, 0.1) is 33.5 Å². The number of hydrogen-bond donors (Lipinski definition) is 2. The molecule has 3 aromatic carbocycles. The van der Waals surface area contributed by atoms with E-state index in [1.165, 1.54) is 23.3 Å². The van der Waals surface area contributed by atoms with E-state index < -0.39 is 39.7 Å². The molecule has 2 bridgehead atoms. The van der Waals surface area contributed by atoms with Crippen LogP contribution in [-0.2, 0) is 6.18 Å². The van der Waals surface area contributed by atoms with E-state index in [1.54, 1.807) is 6.07 Å². The van der Waals surface area contributed by atoms with Gasteiger partial charge in [0.25, 0.3) is 0 Å². The number of fused-ring (bicyclic) bond motifs is 1. The Morgan fingerprint density at radius 2 is 1.52 bits per heavy atom. The summed E-state index contributed by atoms with van der Waals surface area (Å²) in [5.41, 5.74) is -0.777. The number of Topliss-reactive ketones (excluding diaryl/α,β-unsaturated/α-hetero) is 1. The minimum absolute atomic E-state index is 0.0362. The highest BCUT2D eigenvalue weighted by Crippen LogP contribution is 2.78. The minimum Gasteiger partial charge on any atom is -0.453 e. The summed E-state index contributed by atoms with van der Waals surface area (Å²) >= 11 is 12.7. The van der Waals surface area contributed by atoms with Crippen molar-refractivity contribution in [2.45, 2.75) is 82.7 Å². The van der Waals surface area contributed by atoms with Crippen LogP contribution in [-0.4, -0.2) is 70.2 Å². The van der Waals surface area contributed by atoms with Gasteiger partial charge < -0.3 is 14.6 Å². The average Bonchev–Trinajstić information content (AvgIpc) is 3.84. The van der Waals surface area contributed by atoms with Gasteiger partial charge in [0.1, 0.15) is 5.76 Å². The molecule has 4 fully saturated rings. The highest BCUT2D eigenvalue weighted by Gasteiger charge is 2.74. The predicted molar refractivity (Wildman–Crippen MR) is 235 cm³/mol.